The Kier molecular flexibility index (Phi) is 7.07. The van der Waals surface area contributed by atoms with Crippen molar-refractivity contribution in [3.05, 3.63) is 35.4 Å². The van der Waals surface area contributed by atoms with Crippen molar-refractivity contribution in [1.82, 2.24) is 15.5 Å². The highest BCUT2D eigenvalue weighted by Crippen LogP contribution is 2.21. The summed E-state index contributed by atoms with van der Waals surface area (Å²) >= 11 is 0. The van der Waals surface area contributed by atoms with Crippen LogP contribution < -0.4 is 10.6 Å². The molecule has 1 aromatic rings. The summed E-state index contributed by atoms with van der Waals surface area (Å²) in [5.41, 5.74) is 1.64. The first-order chi connectivity index (χ1) is 11.9. The average molecular weight is 380 g/mol. The van der Waals surface area contributed by atoms with Gasteiger partial charge in [0.25, 0.3) is 5.91 Å². The summed E-state index contributed by atoms with van der Waals surface area (Å²) in [6, 6.07) is 7.93. The van der Waals surface area contributed by atoms with Gasteiger partial charge < -0.3 is 15.5 Å². The van der Waals surface area contributed by atoms with E-state index in [4.69, 9.17) is 0 Å². The molecule has 3 unspecified atom stereocenters. The van der Waals surface area contributed by atoms with E-state index in [1.54, 1.807) is 6.07 Å². The molecule has 3 atom stereocenters. The van der Waals surface area contributed by atoms with Crippen molar-refractivity contribution in [2.24, 2.45) is 5.92 Å². The number of carbonyl (C=O) groups is 2. The van der Waals surface area contributed by atoms with E-state index in [0.717, 1.165) is 31.5 Å². The van der Waals surface area contributed by atoms with Crippen LogP contribution in [0.1, 0.15) is 49.0 Å². The molecule has 2 aliphatic rings. The van der Waals surface area contributed by atoms with Crippen LogP contribution in [-0.2, 0) is 4.79 Å². The number of hydrogen-bond donors (Lipinski definition) is 2. The van der Waals surface area contributed by atoms with Crippen LogP contribution in [0, 0.1) is 12.8 Å². The molecule has 0 saturated carbocycles. The standard InChI is InChI=1S/C20H29N3O2.ClH/c1-13(2)18(22-19(24)15-6-4-5-14(3)11-15)20(25)23-10-9-16-7-8-17(12-23)21-16;/h4-6,11,13,16-18,21H,7-10,12H2,1-3H3,(H,22,24);1H. The van der Waals surface area contributed by atoms with E-state index in [2.05, 4.69) is 10.6 Å². The fourth-order valence-corrected chi connectivity index (χ4v) is 3.86. The molecule has 6 heteroatoms. The number of likely N-dealkylation sites (tertiary alicyclic amines) is 1. The first kappa shape index (κ1) is 20.7. The number of benzene rings is 1. The third-order valence-electron chi connectivity index (χ3n) is 5.33. The van der Waals surface area contributed by atoms with E-state index in [-0.39, 0.29) is 30.1 Å². The van der Waals surface area contributed by atoms with Gasteiger partial charge in [0.15, 0.2) is 0 Å². The SMILES string of the molecule is Cc1cccc(C(=O)NC(C(=O)N2CCC3CCC(C2)N3)C(C)C)c1.Cl. The van der Waals surface area contributed by atoms with Gasteiger partial charge in [0.05, 0.1) is 0 Å². The Labute approximate surface area is 162 Å². The Morgan fingerprint density at radius 1 is 1.19 bits per heavy atom. The summed E-state index contributed by atoms with van der Waals surface area (Å²) in [6.07, 6.45) is 3.35. The van der Waals surface area contributed by atoms with E-state index in [0.29, 0.717) is 17.6 Å². The molecule has 0 spiro atoms. The van der Waals surface area contributed by atoms with Gasteiger partial charge in [-0.1, -0.05) is 31.5 Å². The maximum atomic E-state index is 13.1. The van der Waals surface area contributed by atoms with E-state index in [9.17, 15) is 9.59 Å². The lowest BCUT2D eigenvalue weighted by molar-refractivity contribution is -0.134. The number of halogens is 1. The molecule has 0 aromatic heterocycles. The highest BCUT2D eigenvalue weighted by Gasteiger charge is 2.35. The number of rotatable bonds is 4. The molecular weight excluding hydrogens is 350 g/mol. The second kappa shape index (κ2) is 8.87. The highest BCUT2D eigenvalue weighted by molar-refractivity contribution is 5.97. The van der Waals surface area contributed by atoms with Crippen molar-refractivity contribution in [2.45, 2.75) is 58.2 Å². The Hall–Kier alpha value is -1.59. The van der Waals surface area contributed by atoms with Gasteiger partial charge in [-0.25, -0.2) is 0 Å². The van der Waals surface area contributed by atoms with Crippen LogP contribution in [-0.4, -0.2) is 47.9 Å². The minimum Gasteiger partial charge on any atom is -0.340 e. The third kappa shape index (κ3) is 4.77. The molecule has 2 N–H and O–H groups in total. The fraction of sp³-hybridized carbons (Fsp3) is 0.600. The van der Waals surface area contributed by atoms with Crippen molar-refractivity contribution in [3.8, 4) is 0 Å². The van der Waals surface area contributed by atoms with Gasteiger partial charge in [0, 0.05) is 30.7 Å². The average Bonchev–Trinajstić information content (AvgIpc) is 2.90. The maximum absolute atomic E-state index is 13.1. The van der Waals surface area contributed by atoms with Crippen LogP contribution in [0.15, 0.2) is 24.3 Å². The molecule has 2 bridgehead atoms. The number of carbonyl (C=O) groups excluding carboxylic acids is 2. The molecule has 0 aliphatic carbocycles. The Morgan fingerprint density at radius 2 is 1.92 bits per heavy atom. The topological polar surface area (TPSA) is 61.4 Å². The van der Waals surface area contributed by atoms with Crippen LogP contribution in [0.3, 0.4) is 0 Å². The smallest absolute Gasteiger partial charge is 0.251 e. The first-order valence-electron chi connectivity index (χ1n) is 9.36. The molecule has 2 amide bonds. The molecular formula is C20H30ClN3O2. The van der Waals surface area contributed by atoms with Gasteiger partial charge in [-0.3, -0.25) is 9.59 Å². The van der Waals surface area contributed by atoms with Gasteiger partial charge in [-0.2, -0.15) is 0 Å². The van der Waals surface area contributed by atoms with Crippen LogP contribution in [0.25, 0.3) is 0 Å². The Morgan fingerprint density at radius 3 is 2.62 bits per heavy atom. The molecule has 144 valence electrons. The summed E-state index contributed by atoms with van der Waals surface area (Å²) in [7, 11) is 0. The summed E-state index contributed by atoms with van der Waals surface area (Å²) in [6.45, 7) is 7.46. The maximum Gasteiger partial charge on any atom is 0.251 e. The number of amides is 2. The summed E-state index contributed by atoms with van der Waals surface area (Å²) in [5, 5.41) is 6.57. The fourth-order valence-electron chi connectivity index (χ4n) is 3.86. The van der Waals surface area contributed by atoms with Gasteiger partial charge in [-0.15, -0.1) is 12.4 Å². The minimum atomic E-state index is -0.482. The van der Waals surface area contributed by atoms with Crippen molar-refractivity contribution < 1.29 is 9.59 Å². The summed E-state index contributed by atoms with van der Waals surface area (Å²) < 4.78 is 0. The van der Waals surface area contributed by atoms with Crippen LogP contribution >= 0.6 is 12.4 Å². The lowest BCUT2D eigenvalue weighted by Gasteiger charge is -2.30. The number of fused-ring (bicyclic) bond motifs is 2. The van der Waals surface area contributed by atoms with E-state index in [1.165, 1.54) is 6.42 Å². The quantitative estimate of drug-likeness (QED) is 0.845. The predicted octanol–water partition coefficient (Wildman–Crippen LogP) is 2.52. The Bertz CT molecular complexity index is 650. The molecule has 0 radical (unpaired) electrons. The molecule has 2 saturated heterocycles. The largest absolute Gasteiger partial charge is 0.340 e. The van der Waals surface area contributed by atoms with E-state index in [1.807, 2.05) is 43.9 Å². The normalized spacial score (nSPS) is 23.2. The molecule has 5 nitrogen and oxygen atoms in total. The minimum absolute atomic E-state index is 0. The van der Waals surface area contributed by atoms with Gasteiger partial charge in [0.2, 0.25) is 5.91 Å². The lowest BCUT2D eigenvalue weighted by atomic mass is 10.0. The summed E-state index contributed by atoms with van der Waals surface area (Å²) in [5.74, 6) is -0.0785. The van der Waals surface area contributed by atoms with Gasteiger partial charge >= 0.3 is 0 Å². The van der Waals surface area contributed by atoms with Crippen LogP contribution in [0.5, 0.6) is 0 Å². The van der Waals surface area contributed by atoms with Crippen LogP contribution in [0.4, 0.5) is 0 Å². The number of aryl methyl sites for hydroxylation is 1. The molecule has 26 heavy (non-hydrogen) atoms. The lowest BCUT2D eigenvalue weighted by Crippen LogP contribution is -2.53. The zero-order valence-electron chi connectivity index (χ0n) is 15.8. The predicted molar refractivity (Wildman–Crippen MR) is 106 cm³/mol. The monoisotopic (exact) mass is 379 g/mol. The second-order valence-corrected chi connectivity index (χ2v) is 7.78. The highest BCUT2D eigenvalue weighted by atomic mass is 35.5. The second-order valence-electron chi connectivity index (χ2n) is 7.78. The van der Waals surface area contributed by atoms with Crippen molar-refractivity contribution in [3.63, 3.8) is 0 Å². The Balaban J connectivity index is 0.00000243. The van der Waals surface area contributed by atoms with Crippen molar-refractivity contribution in [1.29, 1.82) is 0 Å². The van der Waals surface area contributed by atoms with E-state index >= 15 is 0 Å². The number of nitrogens with zero attached hydrogens (tertiary/aromatic N) is 1. The van der Waals surface area contributed by atoms with Crippen molar-refractivity contribution in [2.75, 3.05) is 13.1 Å². The zero-order chi connectivity index (χ0) is 18.0. The third-order valence-corrected chi connectivity index (χ3v) is 5.33. The zero-order valence-corrected chi connectivity index (χ0v) is 16.6. The summed E-state index contributed by atoms with van der Waals surface area (Å²) in [4.78, 5) is 27.6. The molecule has 3 rings (SSSR count). The van der Waals surface area contributed by atoms with Crippen molar-refractivity contribution >= 4 is 24.2 Å². The molecule has 2 fully saturated rings. The number of nitrogens with one attached hydrogen (secondary N) is 2. The number of hydrogen-bond acceptors (Lipinski definition) is 3. The first-order valence-corrected chi connectivity index (χ1v) is 9.36. The van der Waals surface area contributed by atoms with Crippen LogP contribution in [0.2, 0.25) is 0 Å². The van der Waals surface area contributed by atoms with E-state index < -0.39 is 6.04 Å². The van der Waals surface area contributed by atoms with Gasteiger partial charge in [-0.05, 0) is 44.2 Å². The molecule has 2 heterocycles. The molecule has 1 aromatic carbocycles. The molecule has 2 aliphatic heterocycles. The van der Waals surface area contributed by atoms with Gasteiger partial charge in [0.1, 0.15) is 6.04 Å².